The predicted molar refractivity (Wildman–Crippen MR) is 125 cm³/mol. The number of hydrogen-bond acceptors (Lipinski definition) is 6. The second kappa shape index (κ2) is 9.06. The minimum absolute atomic E-state index is 0.0925. The molecule has 4 rings (SSSR count). The molecule has 1 saturated heterocycles. The molecule has 1 amide bonds. The number of anilines is 1. The Balaban J connectivity index is 1.68. The van der Waals surface area contributed by atoms with Gasteiger partial charge < -0.3 is 4.74 Å². The van der Waals surface area contributed by atoms with Crippen LogP contribution in [-0.2, 0) is 4.74 Å². The van der Waals surface area contributed by atoms with E-state index in [2.05, 4.69) is 49.8 Å². The normalized spacial score (nSPS) is 15.2. The molecule has 0 saturated carbocycles. The zero-order valence-electron chi connectivity index (χ0n) is 19.0. The quantitative estimate of drug-likeness (QED) is 0.579. The summed E-state index contributed by atoms with van der Waals surface area (Å²) in [6, 6.07) is 6.30. The SMILES string of the molecule is Cc1ccc(C)c2sc(N(CCN3CCOCC3)C(=O)c3cc(C)n(C(C)C)n3)nc12. The molecular weight excluding hydrogens is 410 g/mol. The average molecular weight is 442 g/mol. The summed E-state index contributed by atoms with van der Waals surface area (Å²) in [5, 5.41) is 5.35. The van der Waals surface area contributed by atoms with Crippen LogP contribution in [0.25, 0.3) is 10.2 Å². The molecule has 0 unspecified atom stereocenters. The zero-order chi connectivity index (χ0) is 22.1. The van der Waals surface area contributed by atoms with Crippen molar-refractivity contribution in [2.24, 2.45) is 0 Å². The van der Waals surface area contributed by atoms with E-state index in [0.717, 1.165) is 59.5 Å². The molecule has 3 heterocycles. The smallest absolute Gasteiger partial charge is 0.280 e. The van der Waals surface area contributed by atoms with E-state index in [0.29, 0.717) is 12.2 Å². The molecule has 8 heteroatoms. The van der Waals surface area contributed by atoms with Crippen LogP contribution in [0.1, 0.15) is 47.2 Å². The molecule has 0 radical (unpaired) electrons. The van der Waals surface area contributed by atoms with Gasteiger partial charge in [0.25, 0.3) is 5.91 Å². The van der Waals surface area contributed by atoms with Crippen molar-refractivity contribution in [1.82, 2.24) is 19.7 Å². The highest BCUT2D eigenvalue weighted by molar-refractivity contribution is 7.22. The van der Waals surface area contributed by atoms with E-state index in [1.54, 1.807) is 11.3 Å². The highest BCUT2D eigenvalue weighted by atomic mass is 32.1. The number of carbonyl (C=O) groups excluding carboxylic acids is 1. The topological polar surface area (TPSA) is 63.5 Å². The fourth-order valence-electron chi connectivity index (χ4n) is 3.97. The van der Waals surface area contributed by atoms with Crippen LogP contribution >= 0.6 is 11.3 Å². The van der Waals surface area contributed by atoms with E-state index in [9.17, 15) is 4.79 Å². The number of thiazole rings is 1. The van der Waals surface area contributed by atoms with Gasteiger partial charge in [0.1, 0.15) is 0 Å². The minimum Gasteiger partial charge on any atom is -0.379 e. The van der Waals surface area contributed by atoms with Crippen molar-refractivity contribution in [2.45, 2.75) is 40.7 Å². The van der Waals surface area contributed by atoms with E-state index < -0.39 is 0 Å². The summed E-state index contributed by atoms with van der Waals surface area (Å²) >= 11 is 1.59. The summed E-state index contributed by atoms with van der Waals surface area (Å²) in [5.41, 5.74) is 4.75. The molecule has 1 aliphatic rings. The summed E-state index contributed by atoms with van der Waals surface area (Å²) in [4.78, 5) is 22.7. The van der Waals surface area contributed by atoms with Gasteiger partial charge >= 0.3 is 0 Å². The van der Waals surface area contributed by atoms with Gasteiger partial charge in [-0.1, -0.05) is 23.5 Å². The van der Waals surface area contributed by atoms with Gasteiger partial charge in [-0.15, -0.1) is 0 Å². The molecule has 1 fully saturated rings. The first-order valence-electron chi connectivity index (χ1n) is 10.9. The van der Waals surface area contributed by atoms with Crippen LogP contribution in [0.5, 0.6) is 0 Å². The number of fused-ring (bicyclic) bond motifs is 1. The Morgan fingerprint density at radius 2 is 1.90 bits per heavy atom. The van der Waals surface area contributed by atoms with Crippen LogP contribution in [0.2, 0.25) is 0 Å². The molecule has 0 N–H and O–H groups in total. The number of nitrogens with zero attached hydrogens (tertiary/aromatic N) is 5. The summed E-state index contributed by atoms with van der Waals surface area (Å²) in [6.07, 6.45) is 0. The van der Waals surface area contributed by atoms with Gasteiger partial charge in [-0.2, -0.15) is 5.10 Å². The Morgan fingerprint density at radius 3 is 2.55 bits per heavy atom. The van der Waals surface area contributed by atoms with Gasteiger partial charge in [0.2, 0.25) is 0 Å². The third-order valence-electron chi connectivity index (χ3n) is 5.78. The molecule has 0 bridgehead atoms. The predicted octanol–water partition coefficient (Wildman–Crippen LogP) is 3.98. The van der Waals surface area contributed by atoms with Crippen molar-refractivity contribution in [3.63, 3.8) is 0 Å². The monoisotopic (exact) mass is 441 g/mol. The van der Waals surface area contributed by atoms with Crippen molar-refractivity contribution in [2.75, 3.05) is 44.3 Å². The fraction of sp³-hybridized carbons (Fsp3) is 0.522. The Labute approximate surface area is 187 Å². The van der Waals surface area contributed by atoms with Gasteiger partial charge in [0, 0.05) is 37.9 Å². The zero-order valence-corrected chi connectivity index (χ0v) is 19.8. The highest BCUT2D eigenvalue weighted by Gasteiger charge is 2.26. The van der Waals surface area contributed by atoms with Crippen LogP contribution in [0.15, 0.2) is 18.2 Å². The molecule has 166 valence electrons. The van der Waals surface area contributed by atoms with Gasteiger partial charge in [0.05, 0.1) is 23.4 Å². The third kappa shape index (κ3) is 4.51. The van der Waals surface area contributed by atoms with Gasteiger partial charge in [-0.05, 0) is 51.8 Å². The second-order valence-electron chi connectivity index (χ2n) is 8.49. The summed E-state index contributed by atoms with van der Waals surface area (Å²) in [7, 11) is 0. The van der Waals surface area contributed by atoms with Crippen LogP contribution in [0.3, 0.4) is 0 Å². The Bertz CT molecular complexity index is 1040. The molecule has 1 aliphatic heterocycles. The molecule has 0 atom stereocenters. The maximum atomic E-state index is 13.6. The van der Waals surface area contributed by atoms with E-state index >= 15 is 0 Å². The van der Waals surface area contributed by atoms with Crippen LogP contribution in [-0.4, -0.2) is 65.0 Å². The fourth-order valence-corrected chi connectivity index (χ4v) is 5.10. The Hall–Kier alpha value is -2.29. The lowest BCUT2D eigenvalue weighted by Crippen LogP contribution is -2.43. The van der Waals surface area contributed by atoms with Crippen molar-refractivity contribution in [1.29, 1.82) is 0 Å². The number of rotatable bonds is 6. The van der Waals surface area contributed by atoms with Crippen molar-refractivity contribution in [3.05, 3.63) is 40.7 Å². The summed E-state index contributed by atoms with van der Waals surface area (Å²) in [5.74, 6) is -0.0925. The number of hydrogen-bond donors (Lipinski definition) is 0. The first kappa shape index (κ1) is 21.9. The minimum atomic E-state index is -0.0925. The molecule has 1 aromatic carbocycles. The highest BCUT2D eigenvalue weighted by Crippen LogP contribution is 2.33. The number of aromatic nitrogens is 3. The number of aryl methyl sites for hydroxylation is 3. The van der Waals surface area contributed by atoms with Gasteiger partial charge in [-0.3, -0.25) is 19.3 Å². The maximum Gasteiger partial charge on any atom is 0.280 e. The first-order valence-corrected chi connectivity index (χ1v) is 11.7. The van der Waals surface area contributed by atoms with Crippen LogP contribution in [0, 0.1) is 20.8 Å². The molecule has 31 heavy (non-hydrogen) atoms. The molecular formula is C23H31N5O2S. The molecule has 7 nitrogen and oxygen atoms in total. The second-order valence-corrected chi connectivity index (χ2v) is 9.47. The van der Waals surface area contributed by atoms with E-state index in [1.165, 1.54) is 5.56 Å². The number of amides is 1. The number of morpholine rings is 1. The van der Waals surface area contributed by atoms with Gasteiger partial charge in [0.15, 0.2) is 10.8 Å². The lowest BCUT2D eigenvalue weighted by molar-refractivity contribution is 0.0391. The Kier molecular flexibility index (Phi) is 6.41. The summed E-state index contributed by atoms with van der Waals surface area (Å²) in [6.45, 7) is 14.9. The number of ether oxygens (including phenoxy) is 1. The van der Waals surface area contributed by atoms with Crippen molar-refractivity contribution >= 4 is 32.6 Å². The van der Waals surface area contributed by atoms with Crippen molar-refractivity contribution in [3.8, 4) is 0 Å². The number of benzene rings is 1. The average Bonchev–Trinajstić information content (AvgIpc) is 3.37. The Morgan fingerprint density at radius 1 is 1.19 bits per heavy atom. The largest absolute Gasteiger partial charge is 0.379 e. The van der Waals surface area contributed by atoms with Crippen LogP contribution < -0.4 is 4.90 Å². The van der Waals surface area contributed by atoms with E-state index in [-0.39, 0.29) is 11.9 Å². The third-order valence-corrected chi connectivity index (χ3v) is 6.99. The number of carbonyl (C=O) groups is 1. The lowest BCUT2D eigenvalue weighted by Gasteiger charge is -2.29. The molecule has 3 aromatic rings. The molecule has 2 aromatic heterocycles. The first-order chi connectivity index (χ1) is 14.8. The van der Waals surface area contributed by atoms with E-state index in [1.807, 2.05) is 22.6 Å². The van der Waals surface area contributed by atoms with Gasteiger partial charge in [-0.25, -0.2) is 4.98 Å². The van der Waals surface area contributed by atoms with Crippen molar-refractivity contribution < 1.29 is 9.53 Å². The molecule has 0 spiro atoms. The lowest BCUT2D eigenvalue weighted by atomic mass is 10.1. The maximum absolute atomic E-state index is 13.6. The van der Waals surface area contributed by atoms with Crippen LogP contribution in [0.4, 0.5) is 5.13 Å². The standard InChI is InChI=1S/C23H31N5O2S/c1-15(2)28-18(5)14-19(25-28)22(29)27(9-8-26-10-12-30-13-11-26)23-24-20-16(3)6-7-17(4)21(20)31-23/h6-7,14-15H,8-13H2,1-5H3. The summed E-state index contributed by atoms with van der Waals surface area (Å²) < 4.78 is 8.51. The van der Waals surface area contributed by atoms with E-state index in [4.69, 9.17) is 9.72 Å². The molecule has 0 aliphatic carbocycles.